The standard InChI is InChI=1S/C14H27NO6/c1-5-12(14(17)21-9-13(16)18-4)8-15(10-19-6-2)11-20-7-3/h12H,5-11H2,1-4H3. The molecular formula is C14H27NO6. The topological polar surface area (TPSA) is 74.3 Å². The number of methoxy groups -OCH3 is 1. The molecule has 0 aromatic heterocycles. The van der Waals surface area contributed by atoms with Crippen molar-refractivity contribution in [2.75, 3.05) is 46.9 Å². The lowest BCUT2D eigenvalue weighted by atomic mass is 10.1. The number of ether oxygens (including phenoxy) is 4. The minimum atomic E-state index is -0.571. The molecule has 0 bridgehead atoms. The first-order chi connectivity index (χ1) is 10.1. The van der Waals surface area contributed by atoms with Crippen LogP contribution in [0.1, 0.15) is 27.2 Å². The predicted octanol–water partition coefficient (Wildman–Crippen LogP) is 1.02. The molecule has 0 aromatic carbocycles. The fraction of sp³-hybridized carbons (Fsp3) is 0.857. The van der Waals surface area contributed by atoms with E-state index in [1.54, 1.807) is 0 Å². The van der Waals surface area contributed by atoms with Crippen molar-refractivity contribution in [2.24, 2.45) is 5.92 Å². The van der Waals surface area contributed by atoms with Gasteiger partial charge in [-0.2, -0.15) is 0 Å². The van der Waals surface area contributed by atoms with Crippen molar-refractivity contribution in [3.8, 4) is 0 Å². The van der Waals surface area contributed by atoms with Gasteiger partial charge in [0.2, 0.25) is 0 Å². The van der Waals surface area contributed by atoms with Gasteiger partial charge in [0.05, 0.1) is 13.0 Å². The number of esters is 2. The number of rotatable bonds is 12. The Labute approximate surface area is 126 Å². The van der Waals surface area contributed by atoms with Crippen LogP contribution in [-0.4, -0.2) is 63.8 Å². The smallest absolute Gasteiger partial charge is 0.344 e. The lowest BCUT2D eigenvalue weighted by Crippen LogP contribution is -2.37. The Morgan fingerprint density at radius 2 is 1.62 bits per heavy atom. The van der Waals surface area contributed by atoms with E-state index in [-0.39, 0.29) is 12.5 Å². The van der Waals surface area contributed by atoms with Crippen LogP contribution in [0.2, 0.25) is 0 Å². The van der Waals surface area contributed by atoms with Crippen molar-refractivity contribution in [1.29, 1.82) is 0 Å². The lowest BCUT2D eigenvalue weighted by molar-refractivity contribution is -0.161. The summed E-state index contributed by atoms with van der Waals surface area (Å²) in [7, 11) is 1.25. The molecule has 124 valence electrons. The normalized spacial score (nSPS) is 12.2. The van der Waals surface area contributed by atoms with E-state index in [1.165, 1.54) is 7.11 Å². The van der Waals surface area contributed by atoms with Gasteiger partial charge in [-0.05, 0) is 20.3 Å². The molecule has 0 aliphatic carbocycles. The second kappa shape index (κ2) is 12.6. The van der Waals surface area contributed by atoms with Gasteiger partial charge in [0, 0.05) is 19.8 Å². The monoisotopic (exact) mass is 305 g/mol. The van der Waals surface area contributed by atoms with Crippen LogP contribution in [-0.2, 0) is 28.5 Å². The Morgan fingerprint density at radius 3 is 2.05 bits per heavy atom. The lowest BCUT2D eigenvalue weighted by Gasteiger charge is -2.25. The maximum absolute atomic E-state index is 11.9. The molecule has 0 N–H and O–H groups in total. The molecular weight excluding hydrogens is 278 g/mol. The SMILES string of the molecule is CCOCN(COCC)CC(CC)C(=O)OCC(=O)OC. The molecule has 7 nitrogen and oxygen atoms in total. The molecule has 0 aliphatic rings. The van der Waals surface area contributed by atoms with Crippen molar-refractivity contribution >= 4 is 11.9 Å². The molecule has 0 heterocycles. The zero-order valence-electron chi connectivity index (χ0n) is 13.4. The van der Waals surface area contributed by atoms with E-state index in [0.29, 0.717) is 39.6 Å². The van der Waals surface area contributed by atoms with Crippen LogP contribution in [0.15, 0.2) is 0 Å². The summed E-state index contributed by atoms with van der Waals surface area (Å²) in [6.45, 7) is 7.75. The van der Waals surface area contributed by atoms with Crippen molar-refractivity contribution in [1.82, 2.24) is 4.90 Å². The maximum atomic E-state index is 11.9. The van der Waals surface area contributed by atoms with Crippen molar-refractivity contribution in [3.05, 3.63) is 0 Å². The molecule has 0 aromatic rings. The van der Waals surface area contributed by atoms with E-state index in [0.717, 1.165) is 0 Å². The Hall–Kier alpha value is -1.18. The third-order valence-electron chi connectivity index (χ3n) is 2.82. The number of carbonyl (C=O) groups excluding carboxylic acids is 2. The van der Waals surface area contributed by atoms with Gasteiger partial charge in [-0.15, -0.1) is 0 Å². The van der Waals surface area contributed by atoms with Gasteiger partial charge in [-0.3, -0.25) is 9.69 Å². The highest BCUT2D eigenvalue weighted by atomic mass is 16.6. The Kier molecular flexibility index (Phi) is 11.8. The van der Waals surface area contributed by atoms with E-state index < -0.39 is 11.9 Å². The quantitative estimate of drug-likeness (QED) is 0.393. The number of carbonyl (C=O) groups is 2. The van der Waals surface area contributed by atoms with Crippen LogP contribution in [0.25, 0.3) is 0 Å². The van der Waals surface area contributed by atoms with Crippen molar-refractivity contribution in [2.45, 2.75) is 27.2 Å². The van der Waals surface area contributed by atoms with Crippen LogP contribution in [0.3, 0.4) is 0 Å². The molecule has 1 atom stereocenters. The first-order valence-corrected chi connectivity index (χ1v) is 7.20. The van der Waals surface area contributed by atoms with Gasteiger partial charge < -0.3 is 18.9 Å². The fourth-order valence-electron chi connectivity index (χ4n) is 1.57. The molecule has 0 rings (SSSR count). The Morgan fingerprint density at radius 1 is 1.05 bits per heavy atom. The first-order valence-electron chi connectivity index (χ1n) is 7.20. The number of hydrogen-bond acceptors (Lipinski definition) is 7. The summed E-state index contributed by atoms with van der Waals surface area (Å²) in [5.41, 5.74) is 0. The first kappa shape index (κ1) is 19.8. The zero-order valence-corrected chi connectivity index (χ0v) is 13.4. The van der Waals surface area contributed by atoms with Gasteiger partial charge in [0.25, 0.3) is 0 Å². The zero-order chi connectivity index (χ0) is 16.1. The summed E-state index contributed by atoms with van der Waals surface area (Å²) < 4.78 is 20.1. The van der Waals surface area contributed by atoms with Gasteiger partial charge in [0.15, 0.2) is 6.61 Å². The fourth-order valence-corrected chi connectivity index (χ4v) is 1.57. The van der Waals surface area contributed by atoms with E-state index >= 15 is 0 Å². The summed E-state index contributed by atoms with van der Waals surface area (Å²) >= 11 is 0. The van der Waals surface area contributed by atoms with Crippen molar-refractivity contribution < 1.29 is 28.5 Å². The van der Waals surface area contributed by atoms with Crippen LogP contribution in [0.5, 0.6) is 0 Å². The van der Waals surface area contributed by atoms with Gasteiger partial charge >= 0.3 is 11.9 Å². The second-order valence-electron chi connectivity index (χ2n) is 4.39. The largest absolute Gasteiger partial charge is 0.466 e. The molecule has 1 unspecified atom stereocenters. The third-order valence-corrected chi connectivity index (χ3v) is 2.82. The van der Waals surface area contributed by atoms with E-state index in [4.69, 9.17) is 14.2 Å². The molecule has 7 heteroatoms. The predicted molar refractivity (Wildman–Crippen MR) is 76.4 cm³/mol. The second-order valence-corrected chi connectivity index (χ2v) is 4.39. The van der Waals surface area contributed by atoms with E-state index in [9.17, 15) is 9.59 Å². The summed E-state index contributed by atoms with van der Waals surface area (Å²) in [6.07, 6.45) is 0.606. The maximum Gasteiger partial charge on any atom is 0.344 e. The Bertz CT molecular complexity index is 289. The van der Waals surface area contributed by atoms with Crippen LogP contribution >= 0.6 is 0 Å². The molecule has 0 spiro atoms. The van der Waals surface area contributed by atoms with Crippen LogP contribution in [0, 0.1) is 5.92 Å². The summed E-state index contributed by atoms with van der Waals surface area (Å²) in [6, 6.07) is 0. The van der Waals surface area contributed by atoms with E-state index in [1.807, 2.05) is 25.7 Å². The highest BCUT2D eigenvalue weighted by molar-refractivity contribution is 5.77. The molecule has 0 aliphatic heterocycles. The minimum absolute atomic E-state index is 0.337. The minimum Gasteiger partial charge on any atom is -0.466 e. The molecule has 0 saturated carbocycles. The third kappa shape index (κ3) is 9.38. The number of hydrogen-bond donors (Lipinski definition) is 0. The average molecular weight is 305 g/mol. The molecule has 0 fully saturated rings. The highest BCUT2D eigenvalue weighted by Gasteiger charge is 2.22. The summed E-state index contributed by atoms with van der Waals surface area (Å²) in [4.78, 5) is 24.8. The molecule has 0 saturated heterocycles. The molecule has 0 amide bonds. The van der Waals surface area contributed by atoms with E-state index in [2.05, 4.69) is 4.74 Å². The van der Waals surface area contributed by atoms with Gasteiger partial charge in [-0.25, -0.2) is 4.79 Å². The van der Waals surface area contributed by atoms with Crippen molar-refractivity contribution in [3.63, 3.8) is 0 Å². The molecule has 0 radical (unpaired) electrons. The average Bonchev–Trinajstić information content (AvgIpc) is 2.51. The van der Waals surface area contributed by atoms with Gasteiger partial charge in [0.1, 0.15) is 13.5 Å². The van der Waals surface area contributed by atoms with Gasteiger partial charge in [-0.1, -0.05) is 6.92 Å². The molecule has 21 heavy (non-hydrogen) atoms. The van der Waals surface area contributed by atoms with Crippen LogP contribution in [0.4, 0.5) is 0 Å². The summed E-state index contributed by atoms with van der Waals surface area (Å²) in [5.74, 6) is -1.32. The highest BCUT2D eigenvalue weighted by Crippen LogP contribution is 2.09. The number of nitrogens with zero attached hydrogens (tertiary/aromatic N) is 1. The summed E-state index contributed by atoms with van der Waals surface area (Å²) in [5, 5.41) is 0. The Balaban J connectivity index is 4.37. The van der Waals surface area contributed by atoms with Crippen LogP contribution < -0.4 is 0 Å².